The molecule has 1 heterocycles. The number of ether oxygens (including phenoxy) is 2. The number of hydrogen-bond acceptors (Lipinski definition) is 6. The molecule has 2 aromatic carbocycles. The van der Waals surface area contributed by atoms with Crippen molar-refractivity contribution in [1.82, 2.24) is 20.9 Å². The molecule has 242 valence electrons. The lowest BCUT2D eigenvalue weighted by Crippen LogP contribution is -2.60. The quantitative estimate of drug-likeness (QED) is 0.180. The molecule has 4 aliphatic carbocycles. The number of fused-ring (bicyclic) bond motifs is 1. The predicted octanol–water partition coefficient (Wildman–Crippen LogP) is 4.72. The third-order valence-electron chi connectivity index (χ3n) is 10.0. The van der Waals surface area contributed by atoms with Gasteiger partial charge in [0.15, 0.2) is 0 Å². The smallest absolute Gasteiger partial charge is 0.408 e. The molecule has 10 heteroatoms. The zero-order valence-electron chi connectivity index (χ0n) is 26.3. The second kappa shape index (κ2) is 13.4. The van der Waals surface area contributed by atoms with Crippen molar-refractivity contribution in [1.29, 1.82) is 0 Å². The number of carbonyl (C=O) groups excluding carboxylic acids is 4. The highest BCUT2D eigenvalue weighted by molar-refractivity contribution is 5.95. The number of esters is 1. The van der Waals surface area contributed by atoms with E-state index in [1.807, 2.05) is 60.8 Å². The number of aromatic amines is 1. The Morgan fingerprint density at radius 1 is 0.935 bits per heavy atom. The molecule has 1 aromatic heterocycles. The molecule has 2 atom stereocenters. The molecular weight excluding hydrogens is 584 g/mol. The average molecular weight is 627 g/mol. The lowest BCUT2D eigenvalue weighted by Gasteiger charge is -2.53. The SMILES string of the molecule is COC(=O)C=CC(=O)NC(CNC(=O)C(C)(Cc1c[nH]c2ccccc12)NC(=O)OC1C2CC3CC(C2)CC1C3)c1ccccc1. The van der Waals surface area contributed by atoms with Crippen LogP contribution in [0.2, 0.25) is 0 Å². The van der Waals surface area contributed by atoms with Crippen LogP contribution in [0.1, 0.15) is 56.2 Å². The number of para-hydroxylation sites is 1. The minimum Gasteiger partial charge on any atom is -0.466 e. The Labute approximate surface area is 268 Å². The Bertz CT molecular complexity index is 1590. The molecule has 0 radical (unpaired) electrons. The van der Waals surface area contributed by atoms with Gasteiger partial charge in [-0.15, -0.1) is 0 Å². The van der Waals surface area contributed by atoms with E-state index in [4.69, 9.17) is 4.74 Å². The van der Waals surface area contributed by atoms with E-state index in [0.717, 1.165) is 71.7 Å². The fraction of sp³-hybridized carbons (Fsp3) is 0.444. The van der Waals surface area contributed by atoms with Gasteiger partial charge in [0.1, 0.15) is 11.6 Å². The molecule has 4 bridgehead atoms. The Hall–Kier alpha value is -4.60. The van der Waals surface area contributed by atoms with Gasteiger partial charge in [0.05, 0.1) is 13.2 Å². The Kier molecular flexibility index (Phi) is 9.15. The number of amides is 3. The number of rotatable bonds is 11. The highest BCUT2D eigenvalue weighted by atomic mass is 16.6. The van der Waals surface area contributed by atoms with Gasteiger partial charge in [0, 0.05) is 42.2 Å². The lowest BCUT2D eigenvalue weighted by atomic mass is 9.55. The molecular formula is C36H42N4O6. The maximum absolute atomic E-state index is 14.1. The first-order valence-electron chi connectivity index (χ1n) is 16.1. The summed E-state index contributed by atoms with van der Waals surface area (Å²) in [7, 11) is 1.23. The van der Waals surface area contributed by atoms with Gasteiger partial charge < -0.3 is 30.4 Å². The van der Waals surface area contributed by atoms with Crippen LogP contribution < -0.4 is 16.0 Å². The number of alkyl carbamates (subject to hydrolysis) is 1. The highest BCUT2D eigenvalue weighted by Gasteiger charge is 2.50. The molecule has 7 rings (SSSR count). The summed E-state index contributed by atoms with van der Waals surface area (Å²) in [5.74, 6) is 0.680. The standard InChI is InChI=1S/C36H42N4O6/c1-36(19-27-20-37-29-11-7-6-10-28(27)29,40-35(44)46-33-25-15-22-14-23(17-25)18-26(33)16-22)34(43)38-21-30(24-8-4-3-5-9-24)39-31(41)12-13-32(42)45-2/h3-13,20,22-23,25-26,30,33,37H,14-19,21H2,1-2H3,(H,38,43)(H,39,41)(H,40,44). The van der Waals surface area contributed by atoms with Crippen LogP contribution in [0.4, 0.5) is 4.79 Å². The minimum atomic E-state index is -1.37. The summed E-state index contributed by atoms with van der Waals surface area (Å²) in [6.07, 6.45) is 9.24. The summed E-state index contributed by atoms with van der Waals surface area (Å²) in [5, 5.41) is 9.75. The van der Waals surface area contributed by atoms with Crippen LogP contribution in [0.15, 0.2) is 72.9 Å². The second-order valence-electron chi connectivity index (χ2n) is 13.3. The second-order valence-corrected chi connectivity index (χ2v) is 13.3. The molecule has 4 fully saturated rings. The summed E-state index contributed by atoms with van der Waals surface area (Å²) < 4.78 is 10.7. The van der Waals surface area contributed by atoms with Crippen molar-refractivity contribution in [3.8, 4) is 0 Å². The topological polar surface area (TPSA) is 139 Å². The summed E-state index contributed by atoms with van der Waals surface area (Å²) in [4.78, 5) is 55.1. The van der Waals surface area contributed by atoms with Gasteiger partial charge in [-0.1, -0.05) is 48.5 Å². The van der Waals surface area contributed by atoms with Crippen LogP contribution >= 0.6 is 0 Å². The van der Waals surface area contributed by atoms with E-state index in [0.29, 0.717) is 11.8 Å². The summed E-state index contributed by atoms with van der Waals surface area (Å²) in [6, 6.07) is 16.4. The molecule has 0 spiro atoms. The molecule has 0 saturated heterocycles. The number of H-pyrrole nitrogens is 1. The van der Waals surface area contributed by atoms with Crippen molar-refractivity contribution in [3.05, 3.63) is 84.1 Å². The zero-order chi connectivity index (χ0) is 32.3. The minimum absolute atomic E-state index is 0.0381. The summed E-state index contributed by atoms with van der Waals surface area (Å²) in [6.45, 7) is 1.74. The number of hydrogen-bond donors (Lipinski definition) is 4. The average Bonchev–Trinajstić information content (AvgIpc) is 3.45. The van der Waals surface area contributed by atoms with E-state index in [9.17, 15) is 19.2 Å². The normalized spacial score (nSPS) is 25.0. The zero-order valence-corrected chi connectivity index (χ0v) is 26.3. The van der Waals surface area contributed by atoms with E-state index in [1.54, 1.807) is 6.92 Å². The fourth-order valence-electron chi connectivity index (χ4n) is 8.04. The molecule has 4 N–H and O–H groups in total. The summed E-state index contributed by atoms with van der Waals surface area (Å²) >= 11 is 0. The van der Waals surface area contributed by atoms with Crippen LogP contribution in [0.5, 0.6) is 0 Å². The Balaban J connectivity index is 1.19. The number of benzene rings is 2. The number of methoxy groups -OCH3 is 1. The van der Waals surface area contributed by atoms with Crippen molar-refractivity contribution in [3.63, 3.8) is 0 Å². The highest BCUT2D eigenvalue weighted by Crippen LogP contribution is 2.54. The predicted molar refractivity (Wildman–Crippen MR) is 172 cm³/mol. The van der Waals surface area contributed by atoms with Gasteiger partial charge in [-0.2, -0.15) is 0 Å². The third-order valence-corrected chi connectivity index (χ3v) is 10.0. The fourth-order valence-corrected chi connectivity index (χ4v) is 8.04. The lowest BCUT2D eigenvalue weighted by molar-refractivity contribution is -0.135. The van der Waals surface area contributed by atoms with E-state index in [1.165, 1.54) is 13.5 Å². The van der Waals surface area contributed by atoms with Gasteiger partial charge >= 0.3 is 12.1 Å². The van der Waals surface area contributed by atoms with Crippen LogP contribution in [0, 0.1) is 23.7 Å². The van der Waals surface area contributed by atoms with Gasteiger partial charge in [0.25, 0.3) is 0 Å². The molecule has 4 aliphatic rings. The van der Waals surface area contributed by atoms with Crippen molar-refractivity contribution in [2.45, 2.75) is 63.1 Å². The van der Waals surface area contributed by atoms with Crippen molar-refractivity contribution in [2.24, 2.45) is 23.7 Å². The third kappa shape index (κ3) is 6.95. The van der Waals surface area contributed by atoms with Crippen LogP contribution in [0.3, 0.4) is 0 Å². The van der Waals surface area contributed by atoms with Gasteiger partial charge in [0.2, 0.25) is 11.8 Å². The number of carbonyl (C=O) groups is 4. The van der Waals surface area contributed by atoms with Crippen LogP contribution in [-0.2, 0) is 30.3 Å². The van der Waals surface area contributed by atoms with Crippen LogP contribution in [-0.4, -0.2) is 54.2 Å². The molecule has 10 nitrogen and oxygen atoms in total. The molecule has 3 amide bonds. The number of aromatic nitrogens is 1. The van der Waals surface area contributed by atoms with Crippen molar-refractivity contribution >= 4 is 34.8 Å². The first-order valence-corrected chi connectivity index (χ1v) is 16.1. The summed E-state index contributed by atoms with van der Waals surface area (Å²) in [5.41, 5.74) is 1.20. The Morgan fingerprint density at radius 3 is 2.30 bits per heavy atom. The first kappa shape index (κ1) is 31.4. The van der Waals surface area contributed by atoms with Crippen molar-refractivity contribution < 1.29 is 28.7 Å². The Morgan fingerprint density at radius 2 is 1.61 bits per heavy atom. The van der Waals surface area contributed by atoms with Gasteiger partial charge in [-0.3, -0.25) is 9.59 Å². The van der Waals surface area contributed by atoms with E-state index in [2.05, 4.69) is 25.7 Å². The first-order chi connectivity index (χ1) is 22.2. The maximum atomic E-state index is 14.1. The largest absolute Gasteiger partial charge is 0.466 e. The molecule has 0 aliphatic heterocycles. The van der Waals surface area contributed by atoms with Gasteiger partial charge in [-0.05, 0) is 79.9 Å². The molecule has 4 saturated carbocycles. The number of nitrogens with one attached hydrogen (secondary N) is 4. The molecule has 2 unspecified atom stereocenters. The van der Waals surface area contributed by atoms with E-state index < -0.39 is 35.5 Å². The van der Waals surface area contributed by atoms with E-state index >= 15 is 0 Å². The van der Waals surface area contributed by atoms with E-state index in [-0.39, 0.29) is 19.1 Å². The monoisotopic (exact) mass is 626 g/mol. The molecule has 46 heavy (non-hydrogen) atoms. The van der Waals surface area contributed by atoms with Gasteiger partial charge in [-0.25, -0.2) is 9.59 Å². The van der Waals surface area contributed by atoms with Crippen LogP contribution in [0.25, 0.3) is 10.9 Å². The maximum Gasteiger partial charge on any atom is 0.408 e. The van der Waals surface area contributed by atoms with Crippen molar-refractivity contribution in [2.75, 3.05) is 13.7 Å². The molecule has 3 aromatic rings.